The molecule has 2 N–H and O–H groups in total. The number of ether oxygens (including phenoxy) is 2. The summed E-state index contributed by atoms with van der Waals surface area (Å²) in [7, 11) is -2.54. The van der Waals surface area contributed by atoms with Crippen LogP contribution >= 0.6 is 0 Å². The minimum Gasteiger partial charge on any atom is -0.467 e. The molecule has 2 heterocycles. The highest BCUT2D eigenvalue weighted by molar-refractivity contribution is 7.86. The predicted molar refractivity (Wildman–Crippen MR) is 156 cm³/mol. The molecular weight excluding hydrogens is 576 g/mol. The average Bonchev–Trinajstić information content (AvgIpc) is 3.68. The summed E-state index contributed by atoms with van der Waals surface area (Å²) in [6.45, 7) is 2.39. The van der Waals surface area contributed by atoms with E-state index in [0.29, 0.717) is 25.1 Å². The molecule has 0 bridgehead atoms. The summed E-state index contributed by atoms with van der Waals surface area (Å²) in [4.78, 5) is 48.0. The lowest BCUT2D eigenvalue weighted by Crippen LogP contribution is -2.55. The van der Waals surface area contributed by atoms with E-state index in [2.05, 4.69) is 15.3 Å². The summed E-state index contributed by atoms with van der Waals surface area (Å²) >= 11 is 0. The van der Waals surface area contributed by atoms with Crippen molar-refractivity contribution in [1.29, 1.82) is 0 Å². The van der Waals surface area contributed by atoms with Crippen LogP contribution in [-0.4, -0.2) is 86.1 Å². The third-order valence-corrected chi connectivity index (χ3v) is 9.40. The molecule has 1 aromatic heterocycles. The van der Waals surface area contributed by atoms with Gasteiger partial charge < -0.3 is 24.7 Å². The zero-order valence-corrected chi connectivity index (χ0v) is 25.6. The fourth-order valence-electron chi connectivity index (χ4n) is 5.72. The van der Waals surface area contributed by atoms with Gasteiger partial charge in [0.2, 0.25) is 11.8 Å². The van der Waals surface area contributed by atoms with E-state index in [9.17, 15) is 22.8 Å². The van der Waals surface area contributed by atoms with E-state index in [0.717, 1.165) is 37.7 Å². The maximum Gasteiger partial charge on any atom is 0.328 e. The Hall–Kier alpha value is -3.29. The molecule has 1 saturated carbocycles. The summed E-state index contributed by atoms with van der Waals surface area (Å²) < 4.78 is 40.9. The Morgan fingerprint density at radius 2 is 1.81 bits per heavy atom. The molecule has 2 aromatic rings. The van der Waals surface area contributed by atoms with Crippen LogP contribution in [0.2, 0.25) is 0 Å². The van der Waals surface area contributed by atoms with Crippen LogP contribution < -0.4 is 5.32 Å². The van der Waals surface area contributed by atoms with E-state index in [4.69, 9.17) is 13.7 Å². The maximum absolute atomic E-state index is 14.0. The van der Waals surface area contributed by atoms with E-state index in [1.54, 1.807) is 18.3 Å². The molecule has 43 heavy (non-hydrogen) atoms. The molecule has 236 valence electrons. The van der Waals surface area contributed by atoms with E-state index < -0.39 is 34.3 Å². The number of methoxy groups -OCH3 is 1. The maximum atomic E-state index is 14.0. The number of carbonyl (C=O) groups is 3. The Kier molecular flexibility index (Phi) is 11.7. The topological polar surface area (TPSA) is 157 Å². The van der Waals surface area contributed by atoms with Gasteiger partial charge in [-0.1, -0.05) is 37.0 Å². The van der Waals surface area contributed by atoms with E-state index in [-0.39, 0.29) is 48.6 Å². The summed E-state index contributed by atoms with van der Waals surface area (Å²) in [5.41, 5.74) is 1.60. The first-order chi connectivity index (χ1) is 20.7. The van der Waals surface area contributed by atoms with Crippen molar-refractivity contribution in [2.45, 2.75) is 87.8 Å². The highest BCUT2D eigenvalue weighted by atomic mass is 32.2. The monoisotopic (exact) mass is 618 g/mol. The number of nitrogens with one attached hydrogen (secondary N) is 2. The number of esters is 1. The quantitative estimate of drug-likeness (QED) is 0.185. The van der Waals surface area contributed by atoms with Crippen LogP contribution in [0.1, 0.15) is 62.6 Å². The molecule has 12 nitrogen and oxygen atoms in total. The lowest BCUT2D eigenvalue weighted by atomic mass is 9.83. The van der Waals surface area contributed by atoms with Crippen molar-refractivity contribution in [1.82, 2.24) is 20.2 Å². The first kappa shape index (κ1) is 32.6. The molecule has 2 aliphatic rings. The number of benzene rings is 1. The van der Waals surface area contributed by atoms with Crippen LogP contribution in [-0.2, 0) is 44.6 Å². The standard InChI is InChI=1S/C30H42N4O8S/c1-21-10-12-25(13-11-21)43(38,39)42-15-7-6-14-41-24-17-26(30(37)40-2)34(19-24)29(36)28(22-8-4-3-5-9-22)33-27(35)16-23-18-31-20-32-23/h10-13,18,20,22,24,26,28H,3-9,14-17,19H2,1-2H3,(H,31,32)(H,33,35)/t24-,26+,28+/m1/s1. The number of aromatic amines is 1. The highest BCUT2D eigenvalue weighted by Crippen LogP contribution is 2.30. The van der Waals surface area contributed by atoms with Gasteiger partial charge in [0.05, 0.1) is 37.5 Å². The molecule has 0 unspecified atom stereocenters. The summed E-state index contributed by atoms with van der Waals surface area (Å²) in [5, 5.41) is 2.95. The van der Waals surface area contributed by atoms with E-state index >= 15 is 0 Å². The minimum absolute atomic E-state index is 0.0148. The van der Waals surface area contributed by atoms with Crippen LogP contribution in [0.25, 0.3) is 0 Å². The molecule has 1 aliphatic carbocycles. The van der Waals surface area contributed by atoms with Crippen molar-refractivity contribution >= 4 is 27.9 Å². The molecule has 3 atom stereocenters. The molecule has 2 amide bonds. The SMILES string of the molecule is COC(=O)[C@@H]1C[C@@H](OCCCCOS(=O)(=O)c2ccc(C)cc2)CN1C(=O)[C@@H](NC(=O)Cc1cnc[nH]1)C1CCCCC1. The van der Waals surface area contributed by atoms with Gasteiger partial charge in [-0.25, -0.2) is 9.78 Å². The number of unbranched alkanes of at least 4 members (excludes halogenated alkanes) is 1. The van der Waals surface area contributed by atoms with Crippen molar-refractivity contribution in [3.8, 4) is 0 Å². The summed E-state index contributed by atoms with van der Waals surface area (Å²) in [6.07, 6.45) is 8.68. The number of amides is 2. The van der Waals surface area contributed by atoms with Gasteiger partial charge in [0.25, 0.3) is 10.1 Å². The molecule has 13 heteroatoms. The first-order valence-corrected chi connectivity index (χ1v) is 16.3. The number of imidazole rings is 1. The molecule has 0 spiro atoms. The zero-order valence-electron chi connectivity index (χ0n) is 24.8. The second-order valence-corrected chi connectivity index (χ2v) is 12.9. The molecule has 0 radical (unpaired) electrons. The lowest BCUT2D eigenvalue weighted by molar-refractivity contribution is -0.152. The molecule has 1 aliphatic heterocycles. The number of aromatic nitrogens is 2. The Morgan fingerprint density at radius 3 is 2.49 bits per heavy atom. The zero-order chi connectivity index (χ0) is 30.8. The first-order valence-electron chi connectivity index (χ1n) is 14.9. The van der Waals surface area contributed by atoms with Crippen molar-refractivity contribution in [3.63, 3.8) is 0 Å². The number of likely N-dealkylation sites (tertiary alicyclic amines) is 1. The fraction of sp³-hybridized carbons (Fsp3) is 0.600. The van der Waals surface area contributed by atoms with Gasteiger partial charge >= 0.3 is 5.97 Å². The third-order valence-electron chi connectivity index (χ3n) is 8.07. The van der Waals surface area contributed by atoms with Crippen LogP contribution in [0.5, 0.6) is 0 Å². The van der Waals surface area contributed by atoms with Gasteiger partial charge in [-0.05, 0) is 50.7 Å². The van der Waals surface area contributed by atoms with E-state index in [1.165, 1.54) is 30.5 Å². The second kappa shape index (κ2) is 15.4. The van der Waals surface area contributed by atoms with Crippen LogP contribution in [0.3, 0.4) is 0 Å². The largest absolute Gasteiger partial charge is 0.467 e. The van der Waals surface area contributed by atoms with Gasteiger partial charge in [-0.3, -0.25) is 13.8 Å². The number of aryl methyl sites for hydroxylation is 1. The lowest BCUT2D eigenvalue weighted by Gasteiger charge is -2.34. The van der Waals surface area contributed by atoms with Crippen molar-refractivity contribution in [2.75, 3.05) is 26.9 Å². The molecule has 1 aromatic carbocycles. The Bertz CT molecular complexity index is 1310. The van der Waals surface area contributed by atoms with Gasteiger partial charge in [0.1, 0.15) is 12.1 Å². The van der Waals surface area contributed by atoms with E-state index in [1.807, 2.05) is 6.92 Å². The smallest absolute Gasteiger partial charge is 0.328 e. The predicted octanol–water partition coefficient (Wildman–Crippen LogP) is 2.67. The van der Waals surface area contributed by atoms with Crippen molar-refractivity contribution in [3.05, 3.63) is 48.0 Å². The van der Waals surface area contributed by atoms with Crippen LogP contribution in [0.4, 0.5) is 0 Å². The number of hydrogen-bond donors (Lipinski definition) is 2. The van der Waals surface area contributed by atoms with Gasteiger partial charge in [-0.15, -0.1) is 0 Å². The molecule has 1 saturated heterocycles. The second-order valence-electron chi connectivity index (χ2n) is 11.3. The molecular formula is C30H42N4O8S. The van der Waals surface area contributed by atoms with Crippen molar-refractivity contribution in [2.24, 2.45) is 5.92 Å². The van der Waals surface area contributed by atoms with Gasteiger partial charge in [0, 0.05) is 31.5 Å². The Morgan fingerprint density at radius 1 is 1.09 bits per heavy atom. The van der Waals surface area contributed by atoms with Gasteiger partial charge in [-0.2, -0.15) is 8.42 Å². The minimum atomic E-state index is -3.83. The number of carbonyl (C=O) groups excluding carboxylic acids is 3. The number of rotatable bonds is 14. The normalized spacial score (nSPS) is 20.1. The molecule has 4 rings (SSSR count). The molecule has 2 fully saturated rings. The van der Waals surface area contributed by atoms with Crippen molar-refractivity contribution < 1.29 is 36.5 Å². The number of nitrogens with zero attached hydrogens (tertiary/aromatic N) is 2. The van der Waals surface area contributed by atoms with Crippen LogP contribution in [0.15, 0.2) is 41.7 Å². The fourth-order valence-corrected chi connectivity index (χ4v) is 6.67. The van der Waals surface area contributed by atoms with Gasteiger partial charge in [0.15, 0.2) is 0 Å². The average molecular weight is 619 g/mol. The summed E-state index contributed by atoms with van der Waals surface area (Å²) in [5.74, 6) is -1.15. The highest BCUT2D eigenvalue weighted by Gasteiger charge is 2.44. The number of H-pyrrole nitrogens is 1. The number of hydrogen-bond acceptors (Lipinski definition) is 9. The summed E-state index contributed by atoms with van der Waals surface area (Å²) in [6, 6.07) is 4.89. The Balaban J connectivity index is 1.31. The van der Waals surface area contributed by atoms with Crippen LogP contribution in [0, 0.1) is 12.8 Å². The third kappa shape index (κ3) is 9.10. The Labute approximate surface area is 253 Å².